The van der Waals surface area contributed by atoms with E-state index in [9.17, 15) is 0 Å². The highest BCUT2D eigenvalue weighted by atomic mass is 15.2. The summed E-state index contributed by atoms with van der Waals surface area (Å²) in [5, 5.41) is 0. The van der Waals surface area contributed by atoms with Gasteiger partial charge in [-0.1, -0.05) is 12.8 Å². The number of hydrogen-bond donors (Lipinski definition) is 0. The quantitative estimate of drug-likeness (QED) is 0.516. The molecular weight excluding hydrogens is 134 g/mol. The Balaban J connectivity index is 2.81. The fourth-order valence-electron chi connectivity index (χ4n) is 2.26. The zero-order valence-corrected chi connectivity index (χ0v) is 7.89. The standard InChI is InChI=1S/C10H17N/c1-6-10(7-2)8(3)11(5)9(10)4/h1,8-9H,7H2,2-5H3. The van der Waals surface area contributed by atoms with E-state index in [1.54, 1.807) is 0 Å². The van der Waals surface area contributed by atoms with Crippen LogP contribution in [0.2, 0.25) is 0 Å². The fourth-order valence-corrected chi connectivity index (χ4v) is 2.26. The van der Waals surface area contributed by atoms with Crippen LogP contribution in [0.5, 0.6) is 0 Å². The van der Waals surface area contributed by atoms with Gasteiger partial charge < -0.3 is 0 Å². The summed E-state index contributed by atoms with van der Waals surface area (Å²) in [4.78, 5) is 2.34. The molecule has 1 heterocycles. The Morgan fingerprint density at radius 3 is 2.09 bits per heavy atom. The Morgan fingerprint density at radius 2 is 1.91 bits per heavy atom. The largest absolute Gasteiger partial charge is 0.298 e. The molecule has 62 valence electrons. The molecule has 0 spiro atoms. The molecule has 1 saturated heterocycles. The third-order valence-corrected chi connectivity index (χ3v) is 3.57. The van der Waals surface area contributed by atoms with Gasteiger partial charge in [-0.2, -0.15) is 0 Å². The molecule has 2 unspecified atom stereocenters. The summed E-state index contributed by atoms with van der Waals surface area (Å²) in [5.74, 6) is 2.95. The summed E-state index contributed by atoms with van der Waals surface area (Å²) in [6.07, 6.45) is 6.64. The lowest BCUT2D eigenvalue weighted by molar-refractivity contribution is -0.0662. The molecule has 2 atom stereocenters. The van der Waals surface area contributed by atoms with Crippen molar-refractivity contribution >= 4 is 0 Å². The van der Waals surface area contributed by atoms with E-state index in [-0.39, 0.29) is 5.41 Å². The van der Waals surface area contributed by atoms with Crippen LogP contribution >= 0.6 is 0 Å². The summed E-state index contributed by atoms with van der Waals surface area (Å²) >= 11 is 0. The van der Waals surface area contributed by atoms with E-state index in [2.05, 4.69) is 38.6 Å². The molecule has 1 aliphatic heterocycles. The topological polar surface area (TPSA) is 3.24 Å². The van der Waals surface area contributed by atoms with Gasteiger partial charge in [-0.15, -0.1) is 6.42 Å². The van der Waals surface area contributed by atoms with Crippen molar-refractivity contribution in [3.05, 3.63) is 0 Å². The van der Waals surface area contributed by atoms with Crippen LogP contribution in [0.15, 0.2) is 0 Å². The van der Waals surface area contributed by atoms with Crippen molar-refractivity contribution in [3.8, 4) is 12.3 Å². The molecule has 1 aliphatic rings. The summed E-state index contributed by atoms with van der Waals surface area (Å²) in [7, 11) is 2.14. The van der Waals surface area contributed by atoms with Gasteiger partial charge in [0, 0.05) is 12.1 Å². The number of nitrogens with zero attached hydrogens (tertiary/aromatic N) is 1. The number of likely N-dealkylation sites (tertiary alicyclic amines) is 1. The number of hydrogen-bond acceptors (Lipinski definition) is 1. The number of rotatable bonds is 1. The molecule has 1 fully saturated rings. The van der Waals surface area contributed by atoms with E-state index in [4.69, 9.17) is 6.42 Å². The SMILES string of the molecule is C#CC1(CC)C(C)N(C)C1C. The van der Waals surface area contributed by atoms with Crippen molar-refractivity contribution in [1.82, 2.24) is 4.90 Å². The van der Waals surface area contributed by atoms with Gasteiger partial charge in [0.2, 0.25) is 0 Å². The zero-order valence-electron chi connectivity index (χ0n) is 7.89. The van der Waals surface area contributed by atoms with Crippen LogP contribution in [0.3, 0.4) is 0 Å². The lowest BCUT2D eigenvalue weighted by Gasteiger charge is -2.57. The minimum absolute atomic E-state index is 0.148. The second-order valence-corrected chi connectivity index (χ2v) is 3.56. The van der Waals surface area contributed by atoms with E-state index in [0.717, 1.165) is 6.42 Å². The Morgan fingerprint density at radius 1 is 1.45 bits per heavy atom. The molecular formula is C10H17N. The predicted octanol–water partition coefficient (Wildman–Crippen LogP) is 1.74. The summed E-state index contributed by atoms with van der Waals surface area (Å²) in [5.41, 5.74) is 0.148. The lowest BCUT2D eigenvalue weighted by Crippen LogP contribution is -2.66. The van der Waals surface area contributed by atoms with Gasteiger partial charge in [0.05, 0.1) is 5.41 Å². The minimum Gasteiger partial charge on any atom is -0.298 e. The lowest BCUT2D eigenvalue weighted by atomic mass is 9.65. The molecule has 1 nitrogen and oxygen atoms in total. The predicted molar refractivity (Wildman–Crippen MR) is 48.2 cm³/mol. The van der Waals surface area contributed by atoms with Crippen LogP contribution in [-0.4, -0.2) is 24.0 Å². The van der Waals surface area contributed by atoms with Crippen molar-refractivity contribution < 1.29 is 0 Å². The molecule has 1 heteroatoms. The van der Waals surface area contributed by atoms with E-state index < -0.39 is 0 Å². The molecule has 0 radical (unpaired) electrons. The van der Waals surface area contributed by atoms with Crippen LogP contribution < -0.4 is 0 Å². The smallest absolute Gasteiger partial charge is 0.0613 e. The molecule has 0 bridgehead atoms. The normalized spacial score (nSPS) is 44.6. The summed E-state index contributed by atoms with van der Waals surface area (Å²) in [6, 6.07) is 1.10. The van der Waals surface area contributed by atoms with Crippen molar-refractivity contribution in [1.29, 1.82) is 0 Å². The van der Waals surface area contributed by atoms with Gasteiger partial charge in [-0.3, -0.25) is 4.90 Å². The highest BCUT2D eigenvalue weighted by molar-refractivity contribution is 5.21. The van der Waals surface area contributed by atoms with Crippen molar-refractivity contribution in [3.63, 3.8) is 0 Å². The molecule has 0 aliphatic carbocycles. The van der Waals surface area contributed by atoms with Crippen LogP contribution in [0.4, 0.5) is 0 Å². The van der Waals surface area contributed by atoms with Crippen LogP contribution in [0.1, 0.15) is 27.2 Å². The van der Waals surface area contributed by atoms with Gasteiger partial charge in [-0.25, -0.2) is 0 Å². The second kappa shape index (κ2) is 2.53. The first-order valence-corrected chi connectivity index (χ1v) is 4.29. The Hall–Kier alpha value is -0.480. The average molecular weight is 151 g/mol. The molecule has 0 N–H and O–H groups in total. The fraction of sp³-hybridized carbons (Fsp3) is 0.800. The first kappa shape index (κ1) is 8.62. The molecule has 0 saturated carbocycles. The van der Waals surface area contributed by atoms with E-state index in [0.29, 0.717) is 12.1 Å². The maximum atomic E-state index is 5.55. The highest BCUT2D eigenvalue weighted by Crippen LogP contribution is 2.44. The monoisotopic (exact) mass is 151 g/mol. The zero-order chi connectivity index (χ0) is 8.65. The first-order chi connectivity index (χ1) is 5.10. The van der Waals surface area contributed by atoms with Gasteiger partial charge >= 0.3 is 0 Å². The Labute approximate surface area is 69.8 Å². The Bertz CT molecular complexity index is 180. The molecule has 1 rings (SSSR count). The van der Waals surface area contributed by atoms with Crippen molar-refractivity contribution in [2.75, 3.05) is 7.05 Å². The molecule has 0 amide bonds. The molecule has 11 heavy (non-hydrogen) atoms. The van der Waals surface area contributed by atoms with Crippen LogP contribution in [0, 0.1) is 17.8 Å². The van der Waals surface area contributed by atoms with E-state index in [1.807, 2.05) is 0 Å². The van der Waals surface area contributed by atoms with Gasteiger partial charge in [0.25, 0.3) is 0 Å². The van der Waals surface area contributed by atoms with E-state index >= 15 is 0 Å². The van der Waals surface area contributed by atoms with E-state index in [1.165, 1.54) is 0 Å². The number of terminal acetylenes is 1. The maximum absolute atomic E-state index is 5.55. The summed E-state index contributed by atoms with van der Waals surface area (Å²) in [6.45, 7) is 6.60. The molecule has 0 aromatic rings. The first-order valence-electron chi connectivity index (χ1n) is 4.29. The second-order valence-electron chi connectivity index (χ2n) is 3.56. The average Bonchev–Trinajstić information content (AvgIpc) is 2.06. The van der Waals surface area contributed by atoms with Crippen molar-refractivity contribution in [2.24, 2.45) is 5.41 Å². The highest BCUT2D eigenvalue weighted by Gasteiger charge is 2.51. The Kier molecular flexibility index (Phi) is 1.98. The van der Waals surface area contributed by atoms with Crippen molar-refractivity contribution in [2.45, 2.75) is 39.3 Å². The van der Waals surface area contributed by atoms with Gasteiger partial charge in [0.1, 0.15) is 0 Å². The van der Waals surface area contributed by atoms with Gasteiger partial charge in [0.15, 0.2) is 0 Å². The maximum Gasteiger partial charge on any atom is 0.0613 e. The van der Waals surface area contributed by atoms with Crippen LogP contribution in [0.25, 0.3) is 0 Å². The minimum atomic E-state index is 0.148. The van der Waals surface area contributed by atoms with Gasteiger partial charge in [-0.05, 0) is 27.3 Å². The molecule has 0 aromatic carbocycles. The summed E-state index contributed by atoms with van der Waals surface area (Å²) < 4.78 is 0. The third-order valence-electron chi connectivity index (χ3n) is 3.57. The van der Waals surface area contributed by atoms with Crippen LogP contribution in [-0.2, 0) is 0 Å². The third kappa shape index (κ3) is 0.827. The molecule has 0 aromatic heterocycles.